The fourth-order valence-corrected chi connectivity index (χ4v) is 3.14. The molecule has 0 saturated carbocycles. The summed E-state index contributed by atoms with van der Waals surface area (Å²) >= 11 is 0. The van der Waals surface area contributed by atoms with E-state index in [2.05, 4.69) is 36.4 Å². The number of primary amides is 1. The van der Waals surface area contributed by atoms with Crippen LogP contribution in [0.15, 0.2) is 42.5 Å². The molecule has 4 rings (SSSR count). The van der Waals surface area contributed by atoms with Crippen molar-refractivity contribution in [1.29, 1.82) is 0 Å². The van der Waals surface area contributed by atoms with Crippen molar-refractivity contribution in [2.75, 3.05) is 0 Å². The number of nitrogens with two attached hydrogens (primary N) is 1. The minimum Gasteiger partial charge on any atom is -0.366 e. The van der Waals surface area contributed by atoms with Crippen molar-refractivity contribution in [2.45, 2.75) is 6.42 Å². The van der Waals surface area contributed by atoms with E-state index in [1.807, 2.05) is 18.2 Å². The Morgan fingerprint density at radius 1 is 1.05 bits per heavy atom. The number of hydrogen-bond acceptors (Lipinski definition) is 1. The zero-order chi connectivity index (χ0) is 13.7. The first-order valence-corrected chi connectivity index (χ1v) is 6.69. The Bertz CT molecular complexity index is 946. The number of carbonyl (C=O) groups is 1. The van der Waals surface area contributed by atoms with E-state index in [0.29, 0.717) is 5.57 Å². The second kappa shape index (κ2) is 3.94. The molecule has 0 atom stereocenters. The lowest BCUT2D eigenvalue weighted by molar-refractivity contribution is -0.112. The lowest BCUT2D eigenvalue weighted by atomic mass is 9.94. The summed E-state index contributed by atoms with van der Waals surface area (Å²) in [5.74, 6) is -0.367. The Kier molecular flexibility index (Phi) is 2.21. The Balaban J connectivity index is 2.15. The Morgan fingerprint density at radius 3 is 2.75 bits per heavy atom. The standard InChI is InChI=1S/C18H13NO/c19-18(20)17-10-9-15-14-6-5-11-3-1-2-4-12(11)13(14)7-8-16(15)17/h1-3,5-10H,4H2,(H2,19,20). The summed E-state index contributed by atoms with van der Waals surface area (Å²) in [7, 11) is 0. The molecule has 2 aromatic rings. The molecular formula is C18H13NO. The van der Waals surface area contributed by atoms with Gasteiger partial charge in [-0.1, -0.05) is 48.6 Å². The van der Waals surface area contributed by atoms with Gasteiger partial charge in [-0.3, -0.25) is 4.79 Å². The van der Waals surface area contributed by atoms with Crippen LogP contribution in [0.3, 0.4) is 0 Å². The van der Waals surface area contributed by atoms with E-state index in [9.17, 15) is 4.79 Å². The van der Waals surface area contributed by atoms with Gasteiger partial charge in [0.25, 0.3) is 0 Å². The third kappa shape index (κ3) is 1.42. The van der Waals surface area contributed by atoms with Crippen molar-refractivity contribution >= 4 is 34.4 Å². The lowest BCUT2D eigenvalue weighted by Gasteiger charge is -2.10. The summed E-state index contributed by atoms with van der Waals surface area (Å²) in [5.41, 5.74) is 8.49. The van der Waals surface area contributed by atoms with Crippen molar-refractivity contribution in [1.82, 2.24) is 0 Å². The van der Waals surface area contributed by atoms with Gasteiger partial charge in [-0.25, -0.2) is 0 Å². The third-order valence-corrected chi connectivity index (χ3v) is 4.10. The average molecular weight is 259 g/mol. The van der Waals surface area contributed by atoms with E-state index >= 15 is 0 Å². The molecule has 0 spiro atoms. The van der Waals surface area contributed by atoms with E-state index in [1.54, 1.807) is 0 Å². The van der Waals surface area contributed by atoms with Crippen molar-refractivity contribution in [3.05, 3.63) is 64.1 Å². The minimum atomic E-state index is -0.367. The maximum atomic E-state index is 11.5. The molecule has 0 unspecified atom stereocenters. The molecule has 2 aromatic carbocycles. The molecular weight excluding hydrogens is 246 g/mol. The van der Waals surface area contributed by atoms with Gasteiger partial charge in [-0.05, 0) is 44.8 Å². The Labute approximate surface area is 116 Å². The van der Waals surface area contributed by atoms with Crippen LogP contribution in [0, 0.1) is 0 Å². The third-order valence-electron chi connectivity index (χ3n) is 4.10. The number of rotatable bonds is 1. The van der Waals surface area contributed by atoms with Crippen LogP contribution in [0.2, 0.25) is 0 Å². The molecule has 20 heavy (non-hydrogen) atoms. The van der Waals surface area contributed by atoms with Gasteiger partial charge in [0.2, 0.25) is 5.91 Å². The number of carbonyl (C=O) groups excluding carboxylic acids is 1. The number of amides is 1. The Hall–Kier alpha value is -2.61. The van der Waals surface area contributed by atoms with Crippen molar-refractivity contribution in [3.63, 3.8) is 0 Å². The van der Waals surface area contributed by atoms with Crippen LogP contribution >= 0.6 is 0 Å². The SMILES string of the molecule is NC(=O)C1=c2ccc3c4c(ccc3c2C=C1)=CC=CC4. The van der Waals surface area contributed by atoms with Crippen LogP contribution in [-0.4, -0.2) is 5.91 Å². The van der Waals surface area contributed by atoms with Gasteiger partial charge in [0.05, 0.1) is 0 Å². The van der Waals surface area contributed by atoms with Crippen LogP contribution in [0.5, 0.6) is 0 Å². The van der Waals surface area contributed by atoms with Gasteiger partial charge in [0.15, 0.2) is 0 Å². The van der Waals surface area contributed by atoms with Gasteiger partial charge in [-0.2, -0.15) is 0 Å². The van der Waals surface area contributed by atoms with Crippen LogP contribution in [-0.2, 0) is 11.2 Å². The first kappa shape index (κ1) is 11.2. The molecule has 0 heterocycles. The zero-order valence-corrected chi connectivity index (χ0v) is 10.9. The summed E-state index contributed by atoms with van der Waals surface area (Å²) < 4.78 is 0. The number of fused-ring (bicyclic) bond motifs is 5. The molecule has 0 fully saturated rings. The number of benzene rings is 2. The van der Waals surface area contributed by atoms with Gasteiger partial charge in [0.1, 0.15) is 0 Å². The number of allylic oxidation sites excluding steroid dienone is 2. The summed E-state index contributed by atoms with van der Waals surface area (Å²) in [6, 6.07) is 8.40. The maximum Gasteiger partial charge on any atom is 0.249 e. The summed E-state index contributed by atoms with van der Waals surface area (Å²) in [5, 5.41) is 4.68. The van der Waals surface area contributed by atoms with Crippen LogP contribution in [0.1, 0.15) is 11.1 Å². The highest BCUT2D eigenvalue weighted by Crippen LogP contribution is 2.23. The van der Waals surface area contributed by atoms with Crippen molar-refractivity contribution in [2.24, 2.45) is 5.73 Å². The van der Waals surface area contributed by atoms with Crippen LogP contribution in [0.4, 0.5) is 0 Å². The van der Waals surface area contributed by atoms with Gasteiger partial charge >= 0.3 is 0 Å². The molecule has 1 amide bonds. The van der Waals surface area contributed by atoms with E-state index in [-0.39, 0.29) is 5.91 Å². The molecule has 0 saturated heterocycles. The second-order valence-electron chi connectivity index (χ2n) is 5.17. The maximum absolute atomic E-state index is 11.5. The van der Waals surface area contributed by atoms with Gasteiger partial charge in [-0.15, -0.1) is 0 Å². The van der Waals surface area contributed by atoms with E-state index < -0.39 is 0 Å². The predicted molar refractivity (Wildman–Crippen MR) is 82.1 cm³/mol. The molecule has 2 aliphatic rings. The highest BCUT2D eigenvalue weighted by atomic mass is 16.1. The van der Waals surface area contributed by atoms with E-state index in [4.69, 9.17) is 5.73 Å². The number of hydrogen-bond donors (Lipinski definition) is 1. The molecule has 2 heteroatoms. The summed E-state index contributed by atoms with van der Waals surface area (Å²) in [6.45, 7) is 0. The van der Waals surface area contributed by atoms with E-state index in [1.165, 1.54) is 21.6 Å². The van der Waals surface area contributed by atoms with Gasteiger partial charge < -0.3 is 5.73 Å². The van der Waals surface area contributed by atoms with E-state index in [0.717, 1.165) is 17.2 Å². The molecule has 2 nitrogen and oxygen atoms in total. The molecule has 0 aliphatic heterocycles. The topological polar surface area (TPSA) is 43.1 Å². The summed E-state index contributed by atoms with van der Waals surface area (Å²) in [4.78, 5) is 11.5. The first-order valence-electron chi connectivity index (χ1n) is 6.69. The zero-order valence-electron chi connectivity index (χ0n) is 10.9. The minimum absolute atomic E-state index is 0.367. The molecule has 2 aliphatic carbocycles. The van der Waals surface area contributed by atoms with Crippen molar-refractivity contribution in [3.8, 4) is 0 Å². The average Bonchev–Trinajstić information content (AvgIpc) is 2.91. The fourth-order valence-electron chi connectivity index (χ4n) is 3.14. The van der Waals surface area contributed by atoms with Crippen molar-refractivity contribution < 1.29 is 4.79 Å². The molecule has 2 N–H and O–H groups in total. The highest BCUT2D eigenvalue weighted by molar-refractivity contribution is 6.20. The molecule has 0 aromatic heterocycles. The largest absolute Gasteiger partial charge is 0.366 e. The Morgan fingerprint density at radius 2 is 1.90 bits per heavy atom. The molecule has 96 valence electrons. The van der Waals surface area contributed by atoms with Crippen LogP contribution < -0.4 is 16.2 Å². The normalized spacial score (nSPS) is 15.1. The fraction of sp³-hybridized carbons (Fsp3) is 0.0556. The first-order chi connectivity index (χ1) is 9.75. The summed E-state index contributed by atoms with van der Waals surface area (Å²) in [6.07, 6.45) is 11.2. The van der Waals surface area contributed by atoms with Crippen LogP contribution in [0.25, 0.3) is 28.5 Å². The highest BCUT2D eigenvalue weighted by Gasteiger charge is 2.14. The molecule has 0 bridgehead atoms. The second-order valence-corrected chi connectivity index (χ2v) is 5.17. The predicted octanol–water partition coefficient (Wildman–Crippen LogP) is 1.40. The molecule has 0 radical (unpaired) electrons. The van der Waals surface area contributed by atoms with Gasteiger partial charge in [0, 0.05) is 5.57 Å². The smallest absolute Gasteiger partial charge is 0.249 e. The quantitative estimate of drug-likeness (QED) is 0.826. The lowest BCUT2D eigenvalue weighted by Crippen LogP contribution is -2.19. The monoisotopic (exact) mass is 259 g/mol.